The summed E-state index contributed by atoms with van der Waals surface area (Å²) >= 11 is 0. The van der Waals surface area contributed by atoms with Gasteiger partial charge in [0.1, 0.15) is 5.82 Å². The number of halogens is 4. The van der Waals surface area contributed by atoms with Gasteiger partial charge in [-0.1, -0.05) is 6.07 Å². The molecular weight excluding hydrogens is 342 g/mol. The van der Waals surface area contributed by atoms with Crippen LogP contribution in [0.4, 0.5) is 23.2 Å². The SMILES string of the molecule is C[C@H](OC(=O)c1cccc(F)c1)C(=O)Nc1ccc(C(F)(F)F)cc1. The zero-order valence-electron chi connectivity index (χ0n) is 12.9. The molecule has 0 aliphatic rings. The maximum Gasteiger partial charge on any atom is 0.416 e. The average Bonchev–Trinajstić information content (AvgIpc) is 2.54. The molecule has 4 nitrogen and oxygen atoms in total. The van der Waals surface area contributed by atoms with Crippen LogP contribution in [-0.4, -0.2) is 18.0 Å². The summed E-state index contributed by atoms with van der Waals surface area (Å²) in [6.07, 6.45) is -5.70. The Morgan fingerprint density at radius 2 is 1.72 bits per heavy atom. The van der Waals surface area contributed by atoms with Gasteiger partial charge in [-0.2, -0.15) is 13.2 Å². The van der Waals surface area contributed by atoms with Crippen molar-refractivity contribution in [2.75, 3.05) is 5.32 Å². The van der Waals surface area contributed by atoms with Crippen molar-refractivity contribution in [2.24, 2.45) is 0 Å². The number of alkyl halides is 3. The van der Waals surface area contributed by atoms with Crippen LogP contribution in [0.3, 0.4) is 0 Å². The standard InChI is InChI=1S/C17H13F4NO3/c1-10(25-16(24)11-3-2-4-13(18)9-11)15(23)22-14-7-5-12(6-8-14)17(19,20)21/h2-10H,1H3,(H,22,23)/t10-/m0/s1. The first-order valence-electron chi connectivity index (χ1n) is 7.11. The quantitative estimate of drug-likeness (QED) is 0.666. The number of hydrogen-bond acceptors (Lipinski definition) is 3. The minimum atomic E-state index is -4.48. The Hall–Kier alpha value is -2.90. The van der Waals surface area contributed by atoms with E-state index in [0.717, 1.165) is 36.4 Å². The largest absolute Gasteiger partial charge is 0.449 e. The van der Waals surface area contributed by atoms with Gasteiger partial charge >= 0.3 is 12.1 Å². The molecule has 0 fully saturated rings. The topological polar surface area (TPSA) is 55.4 Å². The highest BCUT2D eigenvalue weighted by atomic mass is 19.4. The van der Waals surface area contributed by atoms with Crippen molar-refractivity contribution in [1.82, 2.24) is 0 Å². The summed E-state index contributed by atoms with van der Waals surface area (Å²) < 4.78 is 55.4. The van der Waals surface area contributed by atoms with Gasteiger partial charge in [-0.25, -0.2) is 9.18 Å². The number of amides is 1. The first-order valence-corrected chi connectivity index (χ1v) is 7.11. The lowest BCUT2D eigenvalue weighted by atomic mass is 10.2. The Bertz CT molecular complexity index is 772. The number of hydrogen-bond donors (Lipinski definition) is 1. The van der Waals surface area contributed by atoms with E-state index < -0.39 is 35.5 Å². The number of ether oxygens (including phenoxy) is 1. The second-order valence-electron chi connectivity index (χ2n) is 5.12. The highest BCUT2D eigenvalue weighted by molar-refractivity contribution is 5.97. The summed E-state index contributed by atoms with van der Waals surface area (Å²) in [6.45, 7) is 1.29. The van der Waals surface area contributed by atoms with E-state index >= 15 is 0 Å². The van der Waals surface area contributed by atoms with Crippen molar-refractivity contribution in [1.29, 1.82) is 0 Å². The van der Waals surface area contributed by atoms with Crippen molar-refractivity contribution in [3.8, 4) is 0 Å². The monoisotopic (exact) mass is 355 g/mol. The number of carbonyl (C=O) groups is 2. The highest BCUT2D eigenvalue weighted by Gasteiger charge is 2.30. The van der Waals surface area contributed by atoms with Crippen LogP contribution in [0.1, 0.15) is 22.8 Å². The first-order chi connectivity index (χ1) is 11.7. The summed E-state index contributed by atoms with van der Waals surface area (Å²) in [5.74, 6) is -2.25. The van der Waals surface area contributed by atoms with Crippen molar-refractivity contribution in [3.05, 3.63) is 65.5 Å². The van der Waals surface area contributed by atoms with Gasteiger partial charge < -0.3 is 10.1 Å². The molecule has 0 bridgehead atoms. The third kappa shape index (κ3) is 5.03. The summed E-state index contributed by atoms with van der Waals surface area (Å²) in [6, 6.07) is 8.56. The lowest BCUT2D eigenvalue weighted by Crippen LogP contribution is -2.30. The van der Waals surface area contributed by atoms with Gasteiger partial charge in [0, 0.05) is 5.69 Å². The lowest BCUT2D eigenvalue weighted by molar-refractivity contribution is -0.137. The van der Waals surface area contributed by atoms with Crippen LogP contribution in [0, 0.1) is 5.82 Å². The Morgan fingerprint density at radius 3 is 2.28 bits per heavy atom. The van der Waals surface area contributed by atoms with Crippen LogP contribution in [0.2, 0.25) is 0 Å². The van der Waals surface area contributed by atoms with E-state index in [1.54, 1.807) is 0 Å². The zero-order chi connectivity index (χ0) is 18.6. The molecule has 0 aliphatic heterocycles. The molecule has 2 aromatic rings. The fourth-order valence-electron chi connectivity index (χ4n) is 1.88. The van der Waals surface area contributed by atoms with Crippen molar-refractivity contribution in [2.45, 2.75) is 19.2 Å². The molecule has 2 rings (SSSR count). The zero-order valence-corrected chi connectivity index (χ0v) is 12.9. The minimum absolute atomic E-state index is 0.0609. The van der Waals surface area contributed by atoms with Gasteiger partial charge in [0.2, 0.25) is 0 Å². The molecule has 0 unspecified atom stereocenters. The number of carbonyl (C=O) groups excluding carboxylic acids is 2. The second kappa shape index (κ2) is 7.33. The van der Waals surface area contributed by atoms with Crippen molar-refractivity contribution >= 4 is 17.6 Å². The van der Waals surface area contributed by atoms with Gasteiger partial charge in [-0.3, -0.25) is 4.79 Å². The first kappa shape index (κ1) is 18.4. The number of benzene rings is 2. The predicted molar refractivity (Wildman–Crippen MR) is 81.4 cm³/mol. The molecule has 8 heteroatoms. The van der Waals surface area contributed by atoms with Crippen LogP contribution in [0.25, 0.3) is 0 Å². The van der Waals surface area contributed by atoms with E-state index in [4.69, 9.17) is 4.74 Å². The van der Waals surface area contributed by atoms with Crippen LogP contribution in [0.5, 0.6) is 0 Å². The second-order valence-corrected chi connectivity index (χ2v) is 5.12. The van der Waals surface area contributed by atoms with E-state index in [0.29, 0.717) is 0 Å². The summed E-state index contributed by atoms with van der Waals surface area (Å²) in [5.41, 5.74) is -0.795. The van der Waals surface area contributed by atoms with E-state index in [9.17, 15) is 27.2 Å². The summed E-state index contributed by atoms with van der Waals surface area (Å²) in [5, 5.41) is 2.33. The Morgan fingerprint density at radius 1 is 1.08 bits per heavy atom. The Balaban J connectivity index is 1.97. The number of rotatable bonds is 4. The van der Waals surface area contributed by atoms with E-state index in [1.807, 2.05) is 0 Å². The van der Waals surface area contributed by atoms with Crippen molar-refractivity contribution in [3.63, 3.8) is 0 Å². The van der Waals surface area contributed by atoms with Crippen LogP contribution >= 0.6 is 0 Å². The molecule has 1 amide bonds. The molecule has 2 aromatic carbocycles. The van der Waals surface area contributed by atoms with Gasteiger partial charge in [-0.15, -0.1) is 0 Å². The van der Waals surface area contributed by atoms with E-state index in [1.165, 1.54) is 19.1 Å². The number of nitrogens with one attached hydrogen (secondary N) is 1. The van der Waals surface area contributed by atoms with Crippen molar-refractivity contribution < 1.29 is 31.9 Å². The molecule has 132 valence electrons. The molecule has 0 spiro atoms. The summed E-state index contributed by atoms with van der Waals surface area (Å²) in [7, 11) is 0. The average molecular weight is 355 g/mol. The van der Waals surface area contributed by atoms with Gasteiger partial charge in [0.25, 0.3) is 5.91 Å². The third-order valence-corrected chi connectivity index (χ3v) is 3.19. The normalized spacial score (nSPS) is 12.4. The fourth-order valence-corrected chi connectivity index (χ4v) is 1.88. The highest BCUT2D eigenvalue weighted by Crippen LogP contribution is 2.29. The predicted octanol–water partition coefficient (Wildman–Crippen LogP) is 4.03. The van der Waals surface area contributed by atoms with E-state index in [2.05, 4.69) is 5.32 Å². The minimum Gasteiger partial charge on any atom is -0.449 e. The lowest BCUT2D eigenvalue weighted by Gasteiger charge is -2.14. The Labute approximate surface area is 140 Å². The molecule has 1 atom stereocenters. The fraction of sp³-hybridized carbons (Fsp3) is 0.176. The smallest absolute Gasteiger partial charge is 0.416 e. The molecule has 25 heavy (non-hydrogen) atoms. The Kier molecular flexibility index (Phi) is 5.41. The molecule has 1 N–H and O–H groups in total. The molecule has 0 saturated heterocycles. The van der Waals surface area contributed by atoms with Crippen LogP contribution in [0.15, 0.2) is 48.5 Å². The maximum absolute atomic E-state index is 13.1. The number of anilines is 1. The van der Waals surface area contributed by atoms with Gasteiger partial charge in [0.05, 0.1) is 11.1 Å². The van der Waals surface area contributed by atoms with Gasteiger partial charge in [-0.05, 0) is 49.4 Å². The molecular formula is C17H13F4NO3. The van der Waals surface area contributed by atoms with E-state index in [-0.39, 0.29) is 11.3 Å². The molecule has 0 heterocycles. The number of esters is 1. The maximum atomic E-state index is 13.1. The molecule has 0 aliphatic carbocycles. The molecule has 0 radical (unpaired) electrons. The molecule has 0 saturated carbocycles. The molecule has 0 aromatic heterocycles. The third-order valence-electron chi connectivity index (χ3n) is 3.19. The van der Waals surface area contributed by atoms with Crippen LogP contribution < -0.4 is 5.32 Å². The van der Waals surface area contributed by atoms with Crippen LogP contribution in [-0.2, 0) is 15.7 Å². The summed E-state index contributed by atoms with van der Waals surface area (Å²) in [4.78, 5) is 23.8. The van der Waals surface area contributed by atoms with Gasteiger partial charge in [0.15, 0.2) is 6.10 Å².